The molecule has 1 fully saturated rings. The molecule has 0 bridgehead atoms. The van der Waals surface area contributed by atoms with Crippen molar-refractivity contribution in [1.82, 2.24) is 19.2 Å². The lowest BCUT2D eigenvalue weighted by Gasteiger charge is -2.36. The third kappa shape index (κ3) is 7.28. The molecule has 0 aliphatic carbocycles. The molecule has 0 radical (unpaired) electrons. The molecule has 0 atom stereocenters. The SMILES string of the molecule is Cc1ccc(Nc2ccnc(Nc3ccc(S(=O)(=O)N(C)C4CCN(CCC(C)C)CC4)cc3)n2)cc1. The van der Waals surface area contributed by atoms with Gasteiger partial charge in [-0.25, -0.2) is 13.4 Å². The summed E-state index contributed by atoms with van der Waals surface area (Å²) in [6.07, 6.45) is 4.57. The second-order valence-electron chi connectivity index (χ2n) is 10.2. The molecule has 37 heavy (non-hydrogen) atoms. The van der Waals surface area contributed by atoms with Gasteiger partial charge in [-0.1, -0.05) is 31.5 Å². The molecule has 0 unspecified atom stereocenters. The lowest BCUT2D eigenvalue weighted by molar-refractivity contribution is 0.164. The zero-order valence-corrected chi connectivity index (χ0v) is 23.0. The average molecular weight is 523 g/mol. The molecule has 0 spiro atoms. The van der Waals surface area contributed by atoms with Gasteiger partial charge in [0.25, 0.3) is 0 Å². The van der Waals surface area contributed by atoms with Gasteiger partial charge in [-0.05, 0) is 94.2 Å². The van der Waals surface area contributed by atoms with Crippen LogP contribution in [0.2, 0.25) is 0 Å². The Labute approximate surface area is 221 Å². The van der Waals surface area contributed by atoms with Gasteiger partial charge in [-0.15, -0.1) is 0 Å². The van der Waals surface area contributed by atoms with E-state index in [1.807, 2.05) is 31.2 Å². The fraction of sp³-hybridized carbons (Fsp3) is 0.429. The van der Waals surface area contributed by atoms with Crippen LogP contribution in [0, 0.1) is 12.8 Å². The number of piperidine rings is 1. The smallest absolute Gasteiger partial charge is 0.243 e. The largest absolute Gasteiger partial charge is 0.340 e. The van der Waals surface area contributed by atoms with E-state index in [0.717, 1.165) is 38.2 Å². The first kappa shape index (κ1) is 27.0. The molecular weight excluding hydrogens is 484 g/mol. The molecule has 0 amide bonds. The molecule has 1 aliphatic rings. The highest BCUT2D eigenvalue weighted by Crippen LogP contribution is 2.25. The van der Waals surface area contributed by atoms with E-state index in [1.165, 1.54) is 12.0 Å². The first-order valence-electron chi connectivity index (χ1n) is 12.9. The van der Waals surface area contributed by atoms with E-state index in [0.29, 0.717) is 28.3 Å². The monoisotopic (exact) mass is 522 g/mol. The van der Waals surface area contributed by atoms with Crippen LogP contribution < -0.4 is 10.6 Å². The van der Waals surface area contributed by atoms with Gasteiger partial charge in [0.1, 0.15) is 5.82 Å². The van der Waals surface area contributed by atoms with Crippen LogP contribution in [0.15, 0.2) is 65.7 Å². The number of rotatable bonds is 10. The minimum Gasteiger partial charge on any atom is -0.340 e. The predicted molar refractivity (Wildman–Crippen MR) is 150 cm³/mol. The zero-order chi connectivity index (χ0) is 26.4. The van der Waals surface area contributed by atoms with Crippen molar-refractivity contribution in [2.45, 2.75) is 51.0 Å². The van der Waals surface area contributed by atoms with Crippen molar-refractivity contribution in [2.75, 3.05) is 37.3 Å². The van der Waals surface area contributed by atoms with Crippen molar-refractivity contribution in [3.8, 4) is 0 Å². The molecule has 198 valence electrons. The van der Waals surface area contributed by atoms with Gasteiger partial charge in [0.15, 0.2) is 0 Å². The second kappa shape index (κ2) is 12.0. The van der Waals surface area contributed by atoms with E-state index in [9.17, 15) is 8.42 Å². The maximum atomic E-state index is 13.3. The average Bonchev–Trinajstić information content (AvgIpc) is 2.89. The van der Waals surface area contributed by atoms with Gasteiger partial charge in [0.2, 0.25) is 16.0 Å². The number of hydrogen-bond acceptors (Lipinski definition) is 7. The Morgan fingerprint density at radius 3 is 2.24 bits per heavy atom. The molecule has 4 rings (SSSR count). The molecule has 9 heteroatoms. The van der Waals surface area contributed by atoms with Gasteiger partial charge < -0.3 is 15.5 Å². The summed E-state index contributed by atoms with van der Waals surface area (Å²) in [6.45, 7) is 9.49. The Morgan fingerprint density at radius 1 is 0.973 bits per heavy atom. The van der Waals surface area contributed by atoms with Gasteiger partial charge in [0, 0.05) is 30.7 Å². The van der Waals surface area contributed by atoms with Crippen LogP contribution in [0.3, 0.4) is 0 Å². The molecule has 1 aromatic heterocycles. The lowest BCUT2D eigenvalue weighted by Crippen LogP contribution is -2.45. The lowest BCUT2D eigenvalue weighted by atomic mass is 10.0. The van der Waals surface area contributed by atoms with Crippen molar-refractivity contribution in [1.29, 1.82) is 0 Å². The van der Waals surface area contributed by atoms with Gasteiger partial charge >= 0.3 is 0 Å². The molecule has 8 nitrogen and oxygen atoms in total. The number of aromatic nitrogens is 2. The molecule has 1 saturated heterocycles. The van der Waals surface area contributed by atoms with Gasteiger partial charge in [-0.2, -0.15) is 9.29 Å². The van der Waals surface area contributed by atoms with Crippen molar-refractivity contribution in [3.63, 3.8) is 0 Å². The number of benzene rings is 2. The van der Waals surface area contributed by atoms with Crippen molar-refractivity contribution in [3.05, 3.63) is 66.4 Å². The first-order valence-corrected chi connectivity index (χ1v) is 14.4. The van der Waals surface area contributed by atoms with Gasteiger partial charge in [0.05, 0.1) is 4.90 Å². The number of sulfonamides is 1. The Hall–Kier alpha value is -3.01. The van der Waals surface area contributed by atoms with Crippen LogP contribution in [0.1, 0.15) is 38.7 Å². The highest BCUT2D eigenvalue weighted by molar-refractivity contribution is 7.89. The van der Waals surface area contributed by atoms with E-state index in [1.54, 1.807) is 47.9 Å². The molecule has 0 saturated carbocycles. The van der Waals surface area contributed by atoms with E-state index < -0.39 is 10.0 Å². The van der Waals surface area contributed by atoms with Crippen LogP contribution in [-0.4, -0.2) is 60.3 Å². The third-order valence-corrected chi connectivity index (χ3v) is 8.79. The first-order chi connectivity index (χ1) is 17.7. The summed E-state index contributed by atoms with van der Waals surface area (Å²) in [6, 6.07) is 16.7. The summed E-state index contributed by atoms with van der Waals surface area (Å²) >= 11 is 0. The minimum atomic E-state index is -3.57. The molecule has 2 heterocycles. The number of aryl methyl sites for hydroxylation is 1. The Kier molecular flexibility index (Phi) is 8.79. The molecule has 3 aromatic rings. The van der Waals surface area contributed by atoms with Crippen LogP contribution in [0.5, 0.6) is 0 Å². The number of anilines is 4. The van der Waals surface area contributed by atoms with E-state index >= 15 is 0 Å². The van der Waals surface area contributed by atoms with Crippen molar-refractivity contribution < 1.29 is 8.42 Å². The summed E-state index contributed by atoms with van der Waals surface area (Å²) in [7, 11) is -1.87. The third-order valence-electron chi connectivity index (χ3n) is 6.86. The Bertz CT molecular complexity index is 1250. The number of hydrogen-bond donors (Lipinski definition) is 2. The maximum absolute atomic E-state index is 13.3. The quantitative estimate of drug-likeness (QED) is 0.368. The highest BCUT2D eigenvalue weighted by Gasteiger charge is 2.30. The normalized spacial score (nSPS) is 15.3. The molecular formula is C28H38N6O2S. The van der Waals surface area contributed by atoms with Gasteiger partial charge in [-0.3, -0.25) is 0 Å². The zero-order valence-electron chi connectivity index (χ0n) is 22.2. The highest BCUT2D eigenvalue weighted by atomic mass is 32.2. The van der Waals surface area contributed by atoms with Crippen LogP contribution in [0.25, 0.3) is 0 Å². The fourth-order valence-electron chi connectivity index (χ4n) is 4.42. The maximum Gasteiger partial charge on any atom is 0.243 e. The number of nitrogens with one attached hydrogen (secondary N) is 2. The minimum absolute atomic E-state index is 0.0234. The summed E-state index contributed by atoms with van der Waals surface area (Å²) in [5.41, 5.74) is 2.84. The Balaban J connectivity index is 1.36. The second-order valence-corrected chi connectivity index (χ2v) is 12.2. The van der Waals surface area contributed by atoms with E-state index in [2.05, 4.69) is 39.3 Å². The topological polar surface area (TPSA) is 90.5 Å². The van der Waals surface area contributed by atoms with Crippen molar-refractivity contribution in [2.24, 2.45) is 5.92 Å². The molecule has 1 aliphatic heterocycles. The summed E-state index contributed by atoms with van der Waals surface area (Å²) in [4.78, 5) is 11.5. The molecule has 2 N–H and O–H groups in total. The standard InChI is InChI=1S/C28H38N6O2S/c1-21(2)14-18-34-19-15-25(16-20-34)33(4)37(35,36)26-11-9-24(10-12-26)31-28-29-17-13-27(32-28)30-23-7-5-22(3)6-8-23/h5-13,17,21,25H,14-16,18-20H2,1-4H3,(H2,29,30,31,32). The number of likely N-dealkylation sites (tertiary alicyclic amines) is 1. The summed E-state index contributed by atoms with van der Waals surface area (Å²) < 4.78 is 28.1. The van der Waals surface area contributed by atoms with Crippen LogP contribution >= 0.6 is 0 Å². The van der Waals surface area contributed by atoms with Crippen LogP contribution in [-0.2, 0) is 10.0 Å². The van der Waals surface area contributed by atoms with Crippen LogP contribution in [0.4, 0.5) is 23.1 Å². The molecule has 2 aromatic carbocycles. The Morgan fingerprint density at radius 2 is 1.59 bits per heavy atom. The number of nitrogens with zero attached hydrogens (tertiary/aromatic N) is 4. The summed E-state index contributed by atoms with van der Waals surface area (Å²) in [5, 5.41) is 6.42. The van der Waals surface area contributed by atoms with E-state index in [4.69, 9.17) is 0 Å². The summed E-state index contributed by atoms with van der Waals surface area (Å²) in [5.74, 6) is 1.77. The van der Waals surface area contributed by atoms with Crippen molar-refractivity contribution >= 4 is 33.2 Å². The predicted octanol–water partition coefficient (Wildman–Crippen LogP) is 5.40. The van der Waals surface area contributed by atoms with E-state index in [-0.39, 0.29) is 6.04 Å². The fourth-order valence-corrected chi connectivity index (χ4v) is 5.84.